The maximum atomic E-state index is 5.72. The molecule has 1 unspecified atom stereocenters. The molecule has 100 valence electrons. The van der Waals surface area contributed by atoms with Crippen molar-refractivity contribution < 1.29 is 4.74 Å². The third kappa shape index (κ3) is 3.32. The van der Waals surface area contributed by atoms with Crippen molar-refractivity contribution in [3.05, 3.63) is 11.9 Å². The van der Waals surface area contributed by atoms with E-state index in [1.807, 2.05) is 0 Å². The highest BCUT2D eigenvalue weighted by atomic mass is 16.5. The molecule has 1 aromatic heterocycles. The van der Waals surface area contributed by atoms with Gasteiger partial charge in [-0.3, -0.25) is 0 Å². The third-order valence-electron chi connectivity index (χ3n) is 3.49. The fourth-order valence-electron chi connectivity index (χ4n) is 2.53. The van der Waals surface area contributed by atoms with Crippen molar-refractivity contribution in [1.82, 2.24) is 9.97 Å². The summed E-state index contributed by atoms with van der Waals surface area (Å²) >= 11 is 0. The minimum atomic E-state index is 0.00867. The molecule has 1 atom stereocenters. The molecule has 1 aliphatic rings. The minimum Gasteiger partial charge on any atom is -0.381 e. The molecule has 0 spiro atoms. The van der Waals surface area contributed by atoms with Crippen LogP contribution in [0.2, 0.25) is 0 Å². The van der Waals surface area contributed by atoms with E-state index in [2.05, 4.69) is 23.8 Å². The lowest BCUT2D eigenvalue weighted by atomic mass is 9.85. The van der Waals surface area contributed by atoms with Crippen molar-refractivity contribution in [2.45, 2.75) is 45.1 Å². The molecule has 1 aliphatic heterocycles. The van der Waals surface area contributed by atoms with Gasteiger partial charge in [-0.15, -0.1) is 0 Å². The van der Waals surface area contributed by atoms with Gasteiger partial charge in [0.15, 0.2) is 11.6 Å². The molecule has 2 heterocycles. The molecule has 4 N–H and O–H groups in total. The number of rotatable bonds is 3. The number of nitrogens with zero attached hydrogens (tertiary/aromatic N) is 2. The predicted octanol–water partition coefficient (Wildman–Crippen LogP) is 1.78. The van der Waals surface area contributed by atoms with Gasteiger partial charge in [-0.2, -0.15) is 0 Å². The third-order valence-corrected chi connectivity index (χ3v) is 3.49. The number of aryl methyl sites for hydroxylation is 1. The van der Waals surface area contributed by atoms with Gasteiger partial charge >= 0.3 is 0 Å². The number of hydrogen-bond donors (Lipinski definition) is 2. The van der Waals surface area contributed by atoms with E-state index >= 15 is 0 Å². The van der Waals surface area contributed by atoms with Gasteiger partial charge in [0.1, 0.15) is 0 Å². The minimum absolute atomic E-state index is 0.00867. The van der Waals surface area contributed by atoms with Gasteiger partial charge in [0.25, 0.3) is 0 Å². The van der Waals surface area contributed by atoms with E-state index < -0.39 is 0 Å². The van der Waals surface area contributed by atoms with E-state index in [0.29, 0.717) is 17.6 Å². The Morgan fingerprint density at radius 3 is 2.83 bits per heavy atom. The number of hydrogen-bond acceptors (Lipinski definition) is 5. The fourth-order valence-corrected chi connectivity index (χ4v) is 2.53. The maximum Gasteiger partial charge on any atom is 0.166 e. The van der Waals surface area contributed by atoms with Crippen LogP contribution in [0.4, 0.5) is 11.6 Å². The van der Waals surface area contributed by atoms with Gasteiger partial charge in [-0.1, -0.05) is 0 Å². The normalized spacial score (nSPS) is 22.9. The Hall–Kier alpha value is -1.36. The topological polar surface area (TPSA) is 87.0 Å². The van der Waals surface area contributed by atoms with Crippen LogP contribution in [0.5, 0.6) is 0 Å². The van der Waals surface area contributed by atoms with Crippen molar-refractivity contribution in [3.63, 3.8) is 0 Å². The van der Waals surface area contributed by atoms with Crippen LogP contribution in [-0.2, 0) is 11.2 Å². The number of aromatic nitrogens is 2. The van der Waals surface area contributed by atoms with Crippen LogP contribution < -0.4 is 11.5 Å². The molecule has 0 aliphatic carbocycles. The first-order valence-electron chi connectivity index (χ1n) is 6.47. The van der Waals surface area contributed by atoms with E-state index in [9.17, 15) is 0 Å². The fraction of sp³-hybridized carbons (Fsp3) is 0.692. The zero-order valence-corrected chi connectivity index (χ0v) is 11.1. The molecular weight excluding hydrogens is 228 g/mol. The summed E-state index contributed by atoms with van der Waals surface area (Å²) < 4.78 is 5.72. The molecule has 1 fully saturated rings. The molecule has 0 saturated carbocycles. The lowest BCUT2D eigenvalue weighted by molar-refractivity contribution is -0.0734. The first-order chi connectivity index (χ1) is 8.46. The summed E-state index contributed by atoms with van der Waals surface area (Å²) in [5.74, 6) is 1.33. The Bertz CT molecular complexity index is 419. The highest BCUT2D eigenvalue weighted by Gasteiger charge is 2.28. The number of ether oxygens (including phenoxy) is 1. The van der Waals surface area contributed by atoms with Gasteiger partial charge in [0.05, 0.1) is 17.5 Å². The standard InChI is InChI=1S/C13H22N4O/c1-13(2)7-9(5-6-18-13)3-4-10-8-16-11(14)12(15)17-10/h8-9H,3-7H2,1-2H3,(H2,14,16)(H2,15,17). The molecule has 0 amide bonds. The Balaban J connectivity index is 1.89. The van der Waals surface area contributed by atoms with Crippen LogP contribution in [0.15, 0.2) is 6.20 Å². The van der Waals surface area contributed by atoms with Crippen molar-refractivity contribution in [2.24, 2.45) is 5.92 Å². The van der Waals surface area contributed by atoms with Gasteiger partial charge in [0, 0.05) is 6.61 Å². The van der Waals surface area contributed by atoms with Crippen LogP contribution in [0.1, 0.15) is 38.8 Å². The SMILES string of the molecule is CC1(C)CC(CCc2cnc(N)c(N)n2)CCO1. The second-order valence-corrected chi connectivity index (χ2v) is 5.64. The molecule has 0 aromatic carbocycles. The molecule has 0 bridgehead atoms. The van der Waals surface area contributed by atoms with E-state index in [0.717, 1.165) is 38.0 Å². The molecule has 1 aromatic rings. The van der Waals surface area contributed by atoms with E-state index in [-0.39, 0.29) is 5.60 Å². The smallest absolute Gasteiger partial charge is 0.166 e. The van der Waals surface area contributed by atoms with Crippen LogP contribution >= 0.6 is 0 Å². The second-order valence-electron chi connectivity index (χ2n) is 5.64. The highest BCUT2D eigenvalue weighted by molar-refractivity contribution is 5.51. The quantitative estimate of drug-likeness (QED) is 0.853. The number of nitrogen functional groups attached to an aromatic ring is 2. The maximum absolute atomic E-state index is 5.72. The molecule has 2 rings (SSSR count). The summed E-state index contributed by atoms with van der Waals surface area (Å²) in [5.41, 5.74) is 12.1. The lowest BCUT2D eigenvalue weighted by Gasteiger charge is -2.35. The zero-order valence-electron chi connectivity index (χ0n) is 11.1. The Morgan fingerprint density at radius 2 is 2.17 bits per heavy atom. The van der Waals surface area contributed by atoms with Gasteiger partial charge in [-0.25, -0.2) is 9.97 Å². The van der Waals surface area contributed by atoms with Crippen LogP contribution in [-0.4, -0.2) is 22.2 Å². The van der Waals surface area contributed by atoms with Crippen molar-refractivity contribution in [3.8, 4) is 0 Å². The number of nitrogens with two attached hydrogens (primary N) is 2. The van der Waals surface area contributed by atoms with E-state index in [1.165, 1.54) is 0 Å². The highest BCUT2D eigenvalue weighted by Crippen LogP contribution is 2.31. The van der Waals surface area contributed by atoms with Gasteiger partial charge in [-0.05, 0) is 45.4 Å². The predicted molar refractivity (Wildman–Crippen MR) is 71.9 cm³/mol. The zero-order chi connectivity index (χ0) is 13.2. The van der Waals surface area contributed by atoms with Crippen molar-refractivity contribution in [1.29, 1.82) is 0 Å². The van der Waals surface area contributed by atoms with Crippen LogP contribution in [0.3, 0.4) is 0 Å². The van der Waals surface area contributed by atoms with Crippen molar-refractivity contribution >= 4 is 11.6 Å². The van der Waals surface area contributed by atoms with Gasteiger partial charge < -0.3 is 16.2 Å². The number of anilines is 2. The Morgan fingerprint density at radius 1 is 1.39 bits per heavy atom. The summed E-state index contributed by atoms with van der Waals surface area (Å²) in [7, 11) is 0. The summed E-state index contributed by atoms with van der Waals surface area (Å²) in [6, 6.07) is 0. The average Bonchev–Trinajstić information content (AvgIpc) is 2.29. The molecule has 18 heavy (non-hydrogen) atoms. The first-order valence-corrected chi connectivity index (χ1v) is 6.47. The largest absolute Gasteiger partial charge is 0.381 e. The molecule has 5 nitrogen and oxygen atoms in total. The summed E-state index contributed by atoms with van der Waals surface area (Å²) in [6.07, 6.45) is 5.95. The first kappa shape index (κ1) is 13.1. The molecule has 0 radical (unpaired) electrons. The van der Waals surface area contributed by atoms with Crippen LogP contribution in [0, 0.1) is 5.92 Å². The van der Waals surface area contributed by atoms with Crippen molar-refractivity contribution in [2.75, 3.05) is 18.1 Å². The second kappa shape index (κ2) is 5.10. The van der Waals surface area contributed by atoms with E-state index in [4.69, 9.17) is 16.2 Å². The lowest BCUT2D eigenvalue weighted by Crippen LogP contribution is -2.34. The molecular formula is C13H22N4O. The Labute approximate surface area is 108 Å². The monoisotopic (exact) mass is 250 g/mol. The average molecular weight is 250 g/mol. The summed E-state index contributed by atoms with van der Waals surface area (Å²) in [6.45, 7) is 5.16. The van der Waals surface area contributed by atoms with E-state index in [1.54, 1.807) is 6.20 Å². The van der Waals surface area contributed by atoms with Gasteiger partial charge in [0.2, 0.25) is 0 Å². The summed E-state index contributed by atoms with van der Waals surface area (Å²) in [4.78, 5) is 8.29. The Kier molecular flexibility index (Phi) is 3.71. The molecule has 1 saturated heterocycles. The summed E-state index contributed by atoms with van der Waals surface area (Å²) in [5, 5.41) is 0. The molecule has 5 heteroatoms. The van der Waals surface area contributed by atoms with Crippen LogP contribution in [0.25, 0.3) is 0 Å².